The number of hydrogen-bond donors (Lipinski definition) is 3. The average Bonchev–Trinajstić information content (AvgIpc) is 2.56. The Labute approximate surface area is 86.8 Å². The van der Waals surface area contributed by atoms with Crippen molar-refractivity contribution in [3.05, 3.63) is 0 Å². The molecule has 0 radical (unpaired) electrons. The fourth-order valence-corrected chi connectivity index (χ4v) is 0.847. The van der Waals surface area contributed by atoms with Crippen molar-refractivity contribution in [2.75, 3.05) is 13.2 Å². The zero-order valence-electron chi connectivity index (χ0n) is 8.38. The van der Waals surface area contributed by atoms with Gasteiger partial charge in [0.2, 0.25) is 0 Å². The lowest BCUT2D eigenvalue weighted by Gasteiger charge is -2.10. The third-order valence-electron chi connectivity index (χ3n) is 1.44. The Morgan fingerprint density at radius 3 is 2.00 bits per heavy atom. The van der Waals surface area contributed by atoms with Gasteiger partial charge >= 0.3 is 11.9 Å². The van der Waals surface area contributed by atoms with Crippen LogP contribution in [0.5, 0.6) is 0 Å². The summed E-state index contributed by atoms with van der Waals surface area (Å²) in [7, 11) is 0. The van der Waals surface area contributed by atoms with Crippen LogP contribution in [0.3, 0.4) is 0 Å². The van der Waals surface area contributed by atoms with Crippen LogP contribution in [0.15, 0.2) is 0 Å². The minimum absolute atomic E-state index is 0.0370. The van der Waals surface area contributed by atoms with Crippen molar-refractivity contribution in [1.82, 2.24) is 0 Å². The van der Waals surface area contributed by atoms with Crippen LogP contribution < -0.4 is 5.73 Å². The molecular weight excluding hydrogens is 206 g/mol. The maximum Gasteiger partial charge on any atom is 0.414 e. The van der Waals surface area contributed by atoms with E-state index in [-0.39, 0.29) is 12.3 Å². The van der Waals surface area contributed by atoms with E-state index in [0.717, 1.165) is 19.6 Å². The van der Waals surface area contributed by atoms with E-state index in [1.807, 2.05) is 6.92 Å². The second kappa shape index (κ2) is 7.16. The molecule has 0 spiro atoms. The predicted molar refractivity (Wildman–Crippen MR) is 49.2 cm³/mol. The number of aliphatic carboxylic acids is 2. The summed E-state index contributed by atoms with van der Waals surface area (Å²) in [4.78, 5) is 18.2. The van der Waals surface area contributed by atoms with Gasteiger partial charge in [-0.05, 0) is 6.92 Å². The van der Waals surface area contributed by atoms with Crippen LogP contribution in [-0.4, -0.2) is 47.7 Å². The standard InChI is InChI=1S/C6H13NO2.C2H2O4/c1-5(7)4-6-8-2-3-9-6;3-1(4)2(5)6/h5-6H,2-4,7H2,1H3;(H,3,4)(H,5,6). The minimum Gasteiger partial charge on any atom is -0.473 e. The molecule has 0 bridgehead atoms. The van der Waals surface area contributed by atoms with Gasteiger partial charge in [0.25, 0.3) is 0 Å². The first-order valence-electron chi connectivity index (χ1n) is 4.38. The molecule has 0 aromatic rings. The second-order valence-electron chi connectivity index (χ2n) is 2.99. The van der Waals surface area contributed by atoms with Gasteiger partial charge in [-0.1, -0.05) is 0 Å². The third kappa shape index (κ3) is 7.86. The predicted octanol–water partition coefficient (Wildman–Crippen LogP) is -0.748. The monoisotopic (exact) mass is 221 g/mol. The molecule has 7 heteroatoms. The van der Waals surface area contributed by atoms with Crippen LogP contribution in [0.1, 0.15) is 13.3 Å². The molecular formula is C8H15NO6. The summed E-state index contributed by atoms with van der Waals surface area (Å²) in [6, 6.07) is 0.174. The molecule has 1 fully saturated rings. The van der Waals surface area contributed by atoms with Gasteiger partial charge in [-0.2, -0.15) is 0 Å². The van der Waals surface area contributed by atoms with Crippen LogP contribution in [-0.2, 0) is 19.1 Å². The van der Waals surface area contributed by atoms with E-state index in [2.05, 4.69) is 0 Å². The fraction of sp³-hybridized carbons (Fsp3) is 0.750. The smallest absolute Gasteiger partial charge is 0.414 e. The molecule has 0 saturated carbocycles. The molecule has 4 N–H and O–H groups in total. The average molecular weight is 221 g/mol. The maximum absolute atomic E-state index is 9.10. The highest BCUT2D eigenvalue weighted by molar-refractivity contribution is 6.27. The number of nitrogens with two attached hydrogens (primary N) is 1. The molecule has 1 heterocycles. The van der Waals surface area contributed by atoms with Crippen LogP contribution in [0, 0.1) is 0 Å². The van der Waals surface area contributed by atoms with Gasteiger partial charge in [-0.15, -0.1) is 0 Å². The first-order valence-corrected chi connectivity index (χ1v) is 4.38. The normalized spacial score (nSPS) is 17.7. The zero-order valence-corrected chi connectivity index (χ0v) is 8.38. The van der Waals surface area contributed by atoms with Gasteiger partial charge in [0.15, 0.2) is 6.29 Å². The Bertz CT molecular complexity index is 199. The van der Waals surface area contributed by atoms with Crippen molar-refractivity contribution >= 4 is 11.9 Å². The Morgan fingerprint density at radius 1 is 1.33 bits per heavy atom. The molecule has 7 nitrogen and oxygen atoms in total. The highest BCUT2D eigenvalue weighted by atomic mass is 16.7. The minimum atomic E-state index is -1.82. The van der Waals surface area contributed by atoms with Crippen LogP contribution >= 0.6 is 0 Å². The van der Waals surface area contributed by atoms with Crippen molar-refractivity contribution in [3.63, 3.8) is 0 Å². The van der Waals surface area contributed by atoms with Crippen molar-refractivity contribution in [2.45, 2.75) is 25.7 Å². The van der Waals surface area contributed by atoms with Crippen molar-refractivity contribution in [2.24, 2.45) is 5.73 Å². The lowest BCUT2D eigenvalue weighted by Crippen LogP contribution is -2.23. The molecule has 1 aliphatic heterocycles. The maximum atomic E-state index is 9.10. The number of carbonyl (C=O) groups is 2. The topological polar surface area (TPSA) is 119 Å². The van der Waals surface area contributed by atoms with E-state index in [1.165, 1.54) is 0 Å². The van der Waals surface area contributed by atoms with Crippen molar-refractivity contribution < 1.29 is 29.3 Å². The van der Waals surface area contributed by atoms with Gasteiger partial charge in [0.1, 0.15) is 0 Å². The van der Waals surface area contributed by atoms with Crippen molar-refractivity contribution in [3.8, 4) is 0 Å². The van der Waals surface area contributed by atoms with Crippen LogP contribution in [0.4, 0.5) is 0 Å². The lowest BCUT2D eigenvalue weighted by atomic mass is 10.2. The van der Waals surface area contributed by atoms with E-state index in [1.54, 1.807) is 0 Å². The largest absolute Gasteiger partial charge is 0.473 e. The molecule has 1 atom stereocenters. The Balaban J connectivity index is 0.000000288. The number of hydrogen-bond acceptors (Lipinski definition) is 5. The summed E-state index contributed by atoms with van der Waals surface area (Å²) >= 11 is 0. The van der Waals surface area contributed by atoms with Crippen LogP contribution in [0.2, 0.25) is 0 Å². The summed E-state index contributed by atoms with van der Waals surface area (Å²) in [6.07, 6.45) is 0.769. The summed E-state index contributed by atoms with van der Waals surface area (Å²) in [5.41, 5.74) is 5.51. The van der Waals surface area contributed by atoms with Gasteiger partial charge in [-0.25, -0.2) is 9.59 Å². The fourth-order valence-electron chi connectivity index (χ4n) is 0.847. The molecule has 1 unspecified atom stereocenters. The van der Waals surface area contributed by atoms with Crippen molar-refractivity contribution in [1.29, 1.82) is 0 Å². The molecule has 15 heavy (non-hydrogen) atoms. The number of ether oxygens (including phenoxy) is 2. The van der Waals surface area contributed by atoms with Gasteiger partial charge in [0, 0.05) is 12.5 Å². The molecule has 1 rings (SSSR count). The summed E-state index contributed by atoms with van der Waals surface area (Å²) in [5, 5.41) is 14.8. The van der Waals surface area contributed by atoms with Gasteiger partial charge in [-0.3, -0.25) is 0 Å². The summed E-state index contributed by atoms with van der Waals surface area (Å²) in [5.74, 6) is -3.65. The Hall–Kier alpha value is -1.18. The van der Waals surface area contributed by atoms with E-state index >= 15 is 0 Å². The van der Waals surface area contributed by atoms with E-state index in [0.29, 0.717) is 0 Å². The molecule has 1 aliphatic rings. The van der Waals surface area contributed by atoms with Crippen LogP contribution in [0.25, 0.3) is 0 Å². The summed E-state index contributed by atoms with van der Waals surface area (Å²) in [6.45, 7) is 3.39. The number of carboxylic acids is 2. The highest BCUT2D eigenvalue weighted by Gasteiger charge is 2.16. The second-order valence-corrected chi connectivity index (χ2v) is 2.99. The Kier molecular flexibility index (Phi) is 6.59. The molecule has 0 aliphatic carbocycles. The van der Waals surface area contributed by atoms with Gasteiger partial charge in [0.05, 0.1) is 13.2 Å². The quantitative estimate of drug-likeness (QED) is 0.525. The van der Waals surface area contributed by atoms with E-state index < -0.39 is 11.9 Å². The molecule has 0 amide bonds. The molecule has 0 aromatic heterocycles. The number of carboxylic acid groups (broad SMARTS) is 2. The molecule has 88 valence electrons. The number of rotatable bonds is 2. The highest BCUT2D eigenvalue weighted by Crippen LogP contribution is 2.08. The molecule has 1 saturated heterocycles. The first-order chi connectivity index (χ1) is 6.93. The zero-order chi connectivity index (χ0) is 11.8. The van der Waals surface area contributed by atoms with Gasteiger partial charge < -0.3 is 25.4 Å². The lowest BCUT2D eigenvalue weighted by molar-refractivity contribution is -0.159. The Morgan fingerprint density at radius 2 is 1.73 bits per heavy atom. The summed E-state index contributed by atoms with van der Waals surface area (Å²) < 4.78 is 10.3. The first kappa shape index (κ1) is 13.8. The molecule has 0 aromatic carbocycles. The van der Waals surface area contributed by atoms with E-state index in [9.17, 15) is 0 Å². The van der Waals surface area contributed by atoms with E-state index in [4.69, 9.17) is 35.0 Å². The SMILES string of the molecule is CC(N)CC1OCCO1.O=C(O)C(=O)O. The third-order valence-corrected chi connectivity index (χ3v) is 1.44.